The maximum atomic E-state index is 14.7. The average Bonchev–Trinajstić information content (AvgIpc) is 3.51. The highest BCUT2D eigenvalue weighted by molar-refractivity contribution is 14.1. The fourth-order valence-electron chi connectivity index (χ4n) is 6.58. The number of hydrogen-bond acceptors (Lipinski definition) is 5. The fraction of sp³-hybridized carbons (Fsp3) is 0.633. The normalized spacial score (nSPS) is 25.9. The first-order chi connectivity index (χ1) is 18.8. The lowest BCUT2D eigenvalue weighted by Crippen LogP contribution is -2.38. The molecule has 5 rings (SSSR count). The molecule has 0 spiro atoms. The van der Waals surface area contributed by atoms with Crippen molar-refractivity contribution < 1.29 is 13.9 Å². The van der Waals surface area contributed by atoms with Crippen molar-refractivity contribution in [1.82, 2.24) is 15.3 Å². The summed E-state index contributed by atoms with van der Waals surface area (Å²) in [7, 11) is 0. The Hall–Kier alpha value is -1.68. The summed E-state index contributed by atoms with van der Waals surface area (Å²) in [4.78, 5) is 23.3. The van der Waals surface area contributed by atoms with Gasteiger partial charge < -0.3 is 15.0 Å². The van der Waals surface area contributed by atoms with Crippen LogP contribution in [-0.2, 0) is 11.2 Å². The average molecular weight is 669 g/mol. The second-order valence-corrected chi connectivity index (χ2v) is 14.4. The molecule has 2 aliphatic carbocycles. The Morgan fingerprint density at radius 1 is 1.18 bits per heavy atom. The largest absolute Gasteiger partial charge is 0.493 e. The van der Waals surface area contributed by atoms with Crippen LogP contribution in [0, 0.1) is 23.1 Å². The summed E-state index contributed by atoms with van der Waals surface area (Å²) in [6, 6.07) is 4.89. The second kappa shape index (κ2) is 12.5. The van der Waals surface area contributed by atoms with Gasteiger partial charge in [-0.15, -0.1) is 0 Å². The van der Waals surface area contributed by atoms with Gasteiger partial charge in [-0.1, -0.05) is 66.4 Å². The van der Waals surface area contributed by atoms with Gasteiger partial charge in [0.1, 0.15) is 11.6 Å². The molecule has 1 aliphatic heterocycles. The molecule has 0 radical (unpaired) electrons. The van der Waals surface area contributed by atoms with E-state index in [2.05, 4.69) is 49.7 Å². The number of anilines is 1. The zero-order valence-corrected chi connectivity index (χ0v) is 25.6. The lowest BCUT2D eigenvalue weighted by Gasteiger charge is -2.36. The summed E-state index contributed by atoms with van der Waals surface area (Å²) in [6.07, 6.45) is 13.9. The number of carbonyl (C=O) groups is 1. The Bertz CT molecular complexity index is 1140. The molecular formula is C30H39ClFIN4O2. The maximum absolute atomic E-state index is 14.7. The van der Waals surface area contributed by atoms with Crippen LogP contribution in [0.3, 0.4) is 0 Å². The number of hydrogen-bond donors (Lipinski definition) is 1. The van der Waals surface area contributed by atoms with Gasteiger partial charge in [0.15, 0.2) is 0 Å². The highest BCUT2D eigenvalue weighted by Crippen LogP contribution is 2.69. The summed E-state index contributed by atoms with van der Waals surface area (Å²) in [6.45, 7) is 5.57. The Kier molecular flexibility index (Phi) is 9.21. The molecule has 3 aliphatic rings. The van der Waals surface area contributed by atoms with E-state index in [1.807, 2.05) is 0 Å². The Morgan fingerprint density at radius 2 is 1.90 bits per heavy atom. The number of carbonyl (C=O) groups excluding carboxylic acids is 1. The quantitative estimate of drug-likeness (QED) is 0.224. The van der Waals surface area contributed by atoms with Crippen molar-refractivity contribution in [1.29, 1.82) is 0 Å². The molecule has 2 saturated carbocycles. The van der Waals surface area contributed by atoms with Crippen LogP contribution >= 0.6 is 34.2 Å². The molecule has 1 saturated heterocycles. The number of alkyl halides is 1. The van der Waals surface area contributed by atoms with Gasteiger partial charge in [-0.3, -0.25) is 4.79 Å². The van der Waals surface area contributed by atoms with E-state index in [4.69, 9.17) is 16.3 Å². The lowest BCUT2D eigenvalue weighted by atomic mass is 9.81. The first-order valence-corrected chi connectivity index (χ1v) is 15.8. The molecule has 6 nitrogen and oxygen atoms in total. The summed E-state index contributed by atoms with van der Waals surface area (Å²) in [5.74, 6) is 2.01. The highest BCUT2D eigenvalue weighted by atomic mass is 127. The third kappa shape index (κ3) is 6.97. The predicted molar refractivity (Wildman–Crippen MR) is 161 cm³/mol. The van der Waals surface area contributed by atoms with Crippen LogP contribution in [0.15, 0.2) is 30.6 Å². The van der Waals surface area contributed by atoms with Gasteiger partial charge in [-0.2, -0.15) is 0 Å². The topological polar surface area (TPSA) is 67.3 Å². The van der Waals surface area contributed by atoms with Crippen LogP contribution in [0.5, 0.6) is 5.75 Å². The van der Waals surface area contributed by atoms with E-state index in [0.29, 0.717) is 41.3 Å². The van der Waals surface area contributed by atoms with Crippen molar-refractivity contribution in [3.05, 3.63) is 47.0 Å². The molecule has 2 aromatic rings. The smallest absolute Gasteiger partial charge is 0.225 e. The van der Waals surface area contributed by atoms with Crippen LogP contribution in [0.25, 0.3) is 0 Å². The predicted octanol–water partition coefficient (Wildman–Crippen LogP) is 6.78. The molecule has 0 bridgehead atoms. The molecule has 2 heterocycles. The van der Waals surface area contributed by atoms with Crippen molar-refractivity contribution in [3.63, 3.8) is 0 Å². The molecule has 1 N–H and O–H groups in total. The number of ether oxygens (including phenoxy) is 1. The van der Waals surface area contributed by atoms with Crippen molar-refractivity contribution in [2.24, 2.45) is 17.3 Å². The number of rotatable bonds is 10. The standard InChI is InChI=1S/C30H39ClFIN4O2/c1-29(23-9-12-37(13-10-23)28-35-18-24(31)19-36-28)20-30(29,33)11-14-39-25-8-7-22(26(32)16-25)15-27(38)34-17-21-5-3-2-4-6-21/h7-8,16,18-19,21,23H,2-6,9-15,17,20H2,1H3,(H,34,38)/t29-,30+/m1/s1. The number of piperidine rings is 1. The van der Waals surface area contributed by atoms with Crippen LogP contribution in [0.4, 0.5) is 10.3 Å². The highest BCUT2D eigenvalue weighted by Gasteiger charge is 2.65. The van der Waals surface area contributed by atoms with Crippen LogP contribution in [0.1, 0.15) is 70.3 Å². The molecule has 9 heteroatoms. The van der Waals surface area contributed by atoms with Gasteiger partial charge in [0, 0.05) is 29.1 Å². The van der Waals surface area contributed by atoms with E-state index in [-0.39, 0.29) is 27.0 Å². The Labute approximate surface area is 250 Å². The van der Waals surface area contributed by atoms with E-state index in [9.17, 15) is 9.18 Å². The number of aromatic nitrogens is 2. The first-order valence-electron chi connectivity index (χ1n) is 14.4. The molecule has 39 heavy (non-hydrogen) atoms. The summed E-state index contributed by atoms with van der Waals surface area (Å²) < 4.78 is 20.9. The van der Waals surface area contributed by atoms with Crippen molar-refractivity contribution in [2.45, 2.75) is 74.6 Å². The maximum Gasteiger partial charge on any atom is 0.225 e. The Morgan fingerprint density at radius 3 is 2.59 bits per heavy atom. The summed E-state index contributed by atoms with van der Waals surface area (Å²) >= 11 is 8.56. The van der Waals surface area contributed by atoms with Gasteiger partial charge in [0.2, 0.25) is 11.9 Å². The molecule has 1 aromatic heterocycles. The van der Waals surface area contributed by atoms with E-state index in [1.165, 1.54) is 44.6 Å². The van der Waals surface area contributed by atoms with Crippen molar-refractivity contribution in [2.75, 3.05) is 31.1 Å². The molecule has 2 atom stereocenters. The molecule has 3 fully saturated rings. The number of benzene rings is 1. The van der Waals surface area contributed by atoms with E-state index in [1.54, 1.807) is 24.5 Å². The Balaban J connectivity index is 1.05. The zero-order valence-electron chi connectivity index (χ0n) is 22.7. The van der Waals surface area contributed by atoms with Gasteiger partial charge in [-0.25, -0.2) is 14.4 Å². The number of amides is 1. The molecule has 1 amide bonds. The first kappa shape index (κ1) is 28.8. The molecule has 1 aromatic carbocycles. The molecule has 212 valence electrons. The minimum Gasteiger partial charge on any atom is -0.493 e. The third-order valence-electron chi connectivity index (χ3n) is 9.29. The van der Waals surface area contributed by atoms with Crippen LogP contribution < -0.4 is 15.0 Å². The van der Waals surface area contributed by atoms with Gasteiger partial charge >= 0.3 is 0 Å². The summed E-state index contributed by atoms with van der Waals surface area (Å²) in [5, 5.41) is 3.55. The minimum atomic E-state index is -0.378. The fourth-order valence-corrected chi connectivity index (χ4v) is 8.13. The van der Waals surface area contributed by atoms with Gasteiger partial charge in [0.05, 0.1) is 30.4 Å². The number of nitrogens with zero attached hydrogens (tertiary/aromatic N) is 3. The molecule has 0 unspecified atom stereocenters. The SMILES string of the molecule is C[C@]1(C2CCN(c3ncc(Cl)cn3)CC2)C[C@@]1(I)CCOc1ccc(CC(=O)NCC2CCCCC2)c(F)c1. The van der Waals surface area contributed by atoms with E-state index < -0.39 is 0 Å². The lowest BCUT2D eigenvalue weighted by molar-refractivity contribution is -0.120. The second-order valence-electron chi connectivity index (χ2n) is 11.9. The summed E-state index contributed by atoms with van der Waals surface area (Å²) in [5.41, 5.74) is 0.697. The van der Waals surface area contributed by atoms with Crippen LogP contribution in [0.2, 0.25) is 5.02 Å². The number of halogens is 3. The van der Waals surface area contributed by atoms with Crippen molar-refractivity contribution in [3.8, 4) is 5.75 Å². The minimum absolute atomic E-state index is 0.0665. The monoisotopic (exact) mass is 668 g/mol. The van der Waals surface area contributed by atoms with Crippen LogP contribution in [-0.4, -0.2) is 45.5 Å². The number of nitrogens with one attached hydrogen (secondary N) is 1. The van der Waals surface area contributed by atoms with Crippen molar-refractivity contribution >= 4 is 46.0 Å². The van der Waals surface area contributed by atoms with E-state index >= 15 is 0 Å². The van der Waals surface area contributed by atoms with Gasteiger partial charge in [-0.05, 0) is 67.4 Å². The van der Waals surface area contributed by atoms with Gasteiger partial charge in [0.25, 0.3) is 0 Å². The molecular weight excluding hydrogens is 630 g/mol. The zero-order chi connectivity index (χ0) is 27.5. The van der Waals surface area contributed by atoms with E-state index in [0.717, 1.165) is 38.3 Å². The third-order valence-corrected chi connectivity index (χ3v) is 11.6.